The van der Waals surface area contributed by atoms with Gasteiger partial charge in [-0.3, -0.25) is 0 Å². The van der Waals surface area contributed by atoms with E-state index in [1.54, 1.807) is 0 Å². The number of ether oxygens (including phenoxy) is 1. The zero-order valence-corrected chi connectivity index (χ0v) is 10.4. The maximum absolute atomic E-state index is 11.8. The minimum atomic E-state index is -4.22. The molecule has 0 rings (SSSR count). The van der Waals surface area contributed by atoms with Crippen molar-refractivity contribution in [1.82, 2.24) is 5.32 Å². The van der Waals surface area contributed by atoms with Gasteiger partial charge in [0.1, 0.15) is 6.61 Å². The molecule has 0 aromatic carbocycles. The molecule has 0 aliphatic heterocycles. The van der Waals surface area contributed by atoms with E-state index in [4.69, 9.17) is 0 Å². The van der Waals surface area contributed by atoms with Crippen LogP contribution in [0.2, 0.25) is 0 Å². The molecule has 0 radical (unpaired) electrons. The third-order valence-electron chi connectivity index (χ3n) is 2.18. The minimum absolute atomic E-state index is 0.0458. The van der Waals surface area contributed by atoms with Crippen LogP contribution < -0.4 is 5.32 Å². The Balaban J connectivity index is 3.66. The Morgan fingerprint density at radius 1 is 1.19 bits per heavy atom. The summed E-state index contributed by atoms with van der Waals surface area (Å²) in [4.78, 5) is 0. The first-order valence-electron chi connectivity index (χ1n) is 5.50. The second-order valence-electron chi connectivity index (χ2n) is 5.12. The van der Waals surface area contributed by atoms with Crippen molar-refractivity contribution in [2.24, 2.45) is 5.41 Å². The predicted molar refractivity (Wildman–Crippen MR) is 58.4 cm³/mol. The molecule has 5 heteroatoms. The summed E-state index contributed by atoms with van der Waals surface area (Å²) >= 11 is 0. The second-order valence-corrected chi connectivity index (χ2v) is 5.12. The molecule has 0 saturated heterocycles. The molecule has 0 aromatic rings. The van der Waals surface area contributed by atoms with Crippen LogP contribution in [0.1, 0.15) is 34.1 Å². The largest absolute Gasteiger partial charge is 0.411 e. The highest BCUT2D eigenvalue weighted by molar-refractivity contribution is 4.72. The fourth-order valence-corrected chi connectivity index (χ4v) is 1.11. The van der Waals surface area contributed by atoms with E-state index in [0.717, 1.165) is 6.54 Å². The molecule has 0 atom stereocenters. The highest BCUT2D eigenvalue weighted by Gasteiger charge is 2.27. The van der Waals surface area contributed by atoms with Gasteiger partial charge in [0, 0.05) is 19.2 Å². The molecule has 0 fully saturated rings. The van der Waals surface area contributed by atoms with Gasteiger partial charge in [-0.1, -0.05) is 27.7 Å². The topological polar surface area (TPSA) is 21.3 Å². The minimum Gasteiger partial charge on any atom is -0.372 e. The van der Waals surface area contributed by atoms with Crippen molar-refractivity contribution in [3.05, 3.63) is 0 Å². The molecular weight excluding hydrogens is 219 g/mol. The van der Waals surface area contributed by atoms with Crippen molar-refractivity contribution in [3.8, 4) is 0 Å². The summed E-state index contributed by atoms with van der Waals surface area (Å²) in [6.07, 6.45) is -3.61. The van der Waals surface area contributed by atoms with Gasteiger partial charge in [-0.05, 0) is 11.8 Å². The number of alkyl halides is 3. The first-order chi connectivity index (χ1) is 7.12. The van der Waals surface area contributed by atoms with Crippen molar-refractivity contribution >= 4 is 0 Å². The zero-order chi connectivity index (χ0) is 12.8. The lowest BCUT2D eigenvalue weighted by Gasteiger charge is -2.26. The molecule has 2 nitrogen and oxygen atoms in total. The van der Waals surface area contributed by atoms with Gasteiger partial charge in [-0.15, -0.1) is 0 Å². The van der Waals surface area contributed by atoms with E-state index >= 15 is 0 Å². The van der Waals surface area contributed by atoms with Gasteiger partial charge in [0.05, 0.1) is 0 Å². The van der Waals surface area contributed by atoms with Crippen molar-refractivity contribution in [3.63, 3.8) is 0 Å². The quantitative estimate of drug-likeness (QED) is 0.692. The number of hydrogen-bond donors (Lipinski definition) is 1. The van der Waals surface area contributed by atoms with Gasteiger partial charge in [-0.2, -0.15) is 13.2 Å². The molecular formula is C11H22F3NO. The van der Waals surface area contributed by atoms with Crippen LogP contribution in [0.3, 0.4) is 0 Å². The molecule has 0 amide bonds. The monoisotopic (exact) mass is 241 g/mol. The lowest BCUT2D eigenvalue weighted by Crippen LogP contribution is -2.34. The molecule has 1 N–H and O–H groups in total. The van der Waals surface area contributed by atoms with E-state index in [0.29, 0.717) is 12.5 Å². The molecule has 0 aliphatic carbocycles. The van der Waals surface area contributed by atoms with E-state index < -0.39 is 12.8 Å². The lowest BCUT2D eigenvalue weighted by molar-refractivity contribution is -0.175. The van der Waals surface area contributed by atoms with Gasteiger partial charge in [0.2, 0.25) is 0 Å². The molecule has 0 spiro atoms. The van der Waals surface area contributed by atoms with Crippen LogP contribution in [0.5, 0.6) is 0 Å². The van der Waals surface area contributed by atoms with Crippen molar-refractivity contribution in [1.29, 1.82) is 0 Å². The first-order valence-corrected chi connectivity index (χ1v) is 5.50. The fourth-order valence-electron chi connectivity index (χ4n) is 1.11. The van der Waals surface area contributed by atoms with Gasteiger partial charge >= 0.3 is 6.18 Å². The van der Waals surface area contributed by atoms with Crippen LogP contribution in [0.4, 0.5) is 13.2 Å². The second kappa shape index (κ2) is 6.45. The van der Waals surface area contributed by atoms with Gasteiger partial charge < -0.3 is 10.1 Å². The summed E-state index contributed by atoms with van der Waals surface area (Å²) in [5.41, 5.74) is -0.0458. The Morgan fingerprint density at radius 2 is 1.75 bits per heavy atom. The Morgan fingerprint density at radius 3 is 2.19 bits per heavy atom. The summed E-state index contributed by atoms with van der Waals surface area (Å²) in [5.74, 6) is 0. The summed E-state index contributed by atoms with van der Waals surface area (Å²) in [6, 6.07) is 0.385. The maximum atomic E-state index is 11.8. The number of hydrogen-bond acceptors (Lipinski definition) is 2. The molecule has 0 unspecified atom stereocenters. The Bertz CT molecular complexity index is 190. The highest BCUT2D eigenvalue weighted by Crippen LogP contribution is 2.20. The summed E-state index contributed by atoms with van der Waals surface area (Å²) in [6.45, 7) is 7.87. The summed E-state index contributed by atoms with van der Waals surface area (Å²) in [7, 11) is 0. The van der Waals surface area contributed by atoms with E-state index in [2.05, 4.69) is 10.1 Å². The van der Waals surface area contributed by atoms with Crippen molar-refractivity contribution < 1.29 is 17.9 Å². The van der Waals surface area contributed by atoms with Gasteiger partial charge in [0.25, 0.3) is 0 Å². The van der Waals surface area contributed by atoms with E-state index in [-0.39, 0.29) is 12.0 Å². The van der Waals surface area contributed by atoms with E-state index in [9.17, 15) is 13.2 Å². The maximum Gasteiger partial charge on any atom is 0.411 e. The zero-order valence-electron chi connectivity index (χ0n) is 10.4. The molecule has 0 bridgehead atoms. The summed E-state index contributed by atoms with van der Waals surface area (Å²) in [5, 5.41) is 3.27. The molecule has 98 valence electrons. The third-order valence-corrected chi connectivity index (χ3v) is 2.18. The molecule has 0 aliphatic rings. The Kier molecular flexibility index (Phi) is 6.33. The van der Waals surface area contributed by atoms with Crippen molar-refractivity contribution in [2.45, 2.75) is 46.3 Å². The van der Waals surface area contributed by atoms with Crippen LogP contribution in [0, 0.1) is 5.41 Å². The average molecular weight is 241 g/mol. The number of halogens is 3. The molecule has 0 aromatic heterocycles. The van der Waals surface area contributed by atoms with Gasteiger partial charge in [-0.25, -0.2) is 0 Å². The fraction of sp³-hybridized carbons (Fsp3) is 1.00. The molecule has 16 heavy (non-hydrogen) atoms. The predicted octanol–water partition coefficient (Wildman–Crippen LogP) is 2.98. The number of nitrogens with one attached hydrogen (secondary N) is 1. The van der Waals surface area contributed by atoms with Crippen LogP contribution in [-0.2, 0) is 4.74 Å². The van der Waals surface area contributed by atoms with E-state index in [1.807, 2.05) is 27.7 Å². The highest BCUT2D eigenvalue weighted by atomic mass is 19.4. The molecule has 0 saturated carbocycles. The van der Waals surface area contributed by atoms with Gasteiger partial charge in [0.15, 0.2) is 0 Å². The third kappa shape index (κ3) is 10.2. The van der Waals surface area contributed by atoms with Crippen LogP contribution >= 0.6 is 0 Å². The lowest BCUT2D eigenvalue weighted by atomic mass is 9.89. The first kappa shape index (κ1) is 15.7. The Hall–Kier alpha value is -0.290. The van der Waals surface area contributed by atoms with E-state index in [1.165, 1.54) is 0 Å². The van der Waals surface area contributed by atoms with Crippen LogP contribution in [0.15, 0.2) is 0 Å². The van der Waals surface area contributed by atoms with Crippen LogP contribution in [0.25, 0.3) is 0 Å². The normalized spacial score (nSPS) is 13.5. The summed E-state index contributed by atoms with van der Waals surface area (Å²) < 4.78 is 40.0. The van der Waals surface area contributed by atoms with Crippen molar-refractivity contribution in [2.75, 3.05) is 19.8 Å². The SMILES string of the molecule is CC(C)NCC(C)(C)CCOCC(F)(F)F. The Labute approximate surface area is 95.5 Å². The smallest absolute Gasteiger partial charge is 0.372 e. The standard InChI is InChI=1S/C11H22F3NO/c1-9(2)15-7-10(3,4)5-6-16-8-11(12,13)14/h9,15H,5-8H2,1-4H3. The van der Waals surface area contributed by atoms with Crippen LogP contribution in [-0.4, -0.2) is 32.0 Å². The molecule has 0 heterocycles. The average Bonchev–Trinajstić information content (AvgIpc) is 2.08. The number of rotatable bonds is 7.